The van der Waals surface area contributed by atoms with Crippen LogP contribution in [-0.4, -0.2) is 48.9 Å². The van der Waals surface area contributed by atoms with Crippen LogP contribution in [0.1, 0.15) is 10.4 Å². The number of methoxy groups -OCH3 is 3. The number of nitrogens with zero attached hydrogens (tertiary/aromatic N) is 2. The number of hydrogen-bond donors (Lipinski definition) is 1. The van der Waals surface area contributed by atoms with Crippen LogP contribution in [-0.2, 0) is 23.6 Å². The first-order valence-electron chi connectivity index (χ1n) is 8.27. The molecule has 156 valence electrons. The Morgan fingerprint density at radius 2 is 1.52 bits per heavy atom. The molecule has 0 fully saturated rings. The Kier molecular flexibility index (Phi) is 6.65. The Bertz CT molecular complexity index is 1030. The van der Waals surface area contributed by atoms with Crippen LogP contribution in [0.5, 0.6) is 17.2 Å². The minimum absolute atomic E-state index is 0.0214. The third-order valence-electron chi connectivity index (χ3n) is 4.03. The Morgan fingerprint density at radius 3 is 2.03 bits per heavy atom. The number of hydrogen-bond acceptors (Lipinski definition) is 8. The van der Waals surface area contributed by atoms with Gasteiger partial charge in [0.2, 0.25) is 5.75 Å². The fourth-order valence-electron chi connectivity index (χ4n) is 2.45. The van der Waals surface area contributed by atoms with Crippen molar-refractivity contribution in [3.05, 3.63) is 44.6 Å². The zero-order valence-electron chi connectivity index (χ0n) is 16.6. The van der Waals surface area contributed by atoms with Gasteiger partial charge in [0, 0.05) is 20.2 Å². The normalized spacial score (nSPS) is 10.2. The second-order valence-corrected chi connectivity index (χ2v) is 5.81. The van der Waals surface area contributed by atoms with Gasteiger partial charge in [0.25, 0.3) is 11.5 Å². The van der Waals surface area contributed by atoms with E-state index in [1.54, 1.807) is 0 Å². The van der Waals surface area contributed by atoms with E-state index in [0.717, 1.165) is 15.2 Å². The van der Waals surface area contributed by atoms with E-state index in [-0.39, 0.29) is 22.9 Å². The van der Waals surface area contributed by atoms with E-state index in [0.29, 0.717) is 5.75 Å². The molecule has 0 aliphatic rings. The van der Waals surface area contributed by atoms with Gasteiger partial charge in [-0.3, -0.25) is 18.7 Å². The van der Waals surface area contributed by atoms with E-state index in [9.17, 15) is 19.2 Å². The van der Waals surface area contributed by atoms with Crippen molar-refractivity contribution in [2.45, 2.75) is 0 Å². The molecule has 2 rings (SSSR count). The predicted molar refractivity (Wildman–Crippen MR) is 102 cm³/mol. The number of amides is 1. The maximum Gasteiger partial charge on any atom is 0.338 e. The summed E-state index contributed by atoms with van der Waals surface area (Å²) in [6.45, 7) is -0.640. The highest BCUT2D eigenvalue weighted by Gasteiger charge is 2.19. The fraction of sp³-hybridized carbons (Fsp3) is 0.333. The van der Waals surface area contributed by atoms with Crippen molar-refractivity contribution >= 4 is 17.7 Å². The lowest BCUT2D eigenvalue weighted by atomic mass is 10.2. The average molecular weight is 407 g/mol. The third kappa shape index (κ3) is 4.57. The number of carbonyl (C=O) groups is 2. The molecule has 0 saturated heterocycles. The molecule has 11 heteroatoms. The van der Waals surface area contributed by atoms with Crippen LogP contribution in [0, 0.1) is 0 Å². The summed E-state index contributed by atoms with van der Waals surface area (Å²) in [6.07, 6.45) is 0. The van der Waals surface area contributed by atoms with Crippen LogP contribution >= 0.6 is 0 Å². The minimum Gasteiger partial charge on any atom is -0.493 e. The summed E-state index contributed by atoms with van der Waals surface area (Å²) in [5.74, 6) is -0.758. The van der Waals surface area contributed by atoms with Crippen molar-refractivity contribution in [3.8, 4) is 17.2 Å². The van der Waals surface area contributed by atoms with Crippen molar-refractivity contribution in [1.82, 2.24) is 9.13 Å². The lowest BCUT2D eigenvalue weighted by molar-refractivity contribution is -0.119. The largest absolute Gasteiger partial charge is 0.493 e. The average Bonchev–Trinajstić information content (AvgIpc) is 2.72. The van der Waals surface area contributed by atoms with E-state index in [1.807, 2.05) is 0 Å². The van der Waals surface area contributed by atoms with Gasteiger partial charge in [0.05, 0.1) is 26.9 Å². The molecular weight excluding hydrogens is 386 g/mol. The molecule has 29 heavy (non-hydrogen) atoms. The van der Waals surface area contributed by atoms with Gasteiger partial charge in [0.1, 0.15) is 5.82 Å². The summed E-state index contributed by atoms with van der Waals surface area (Å²) in [7, 11) is 6.92. The van der Waals surface area contributed by atoms with Gasteiger partial charge >= 0.3 is 11.7 Å². The number of nitrogens with one attached hydrogen (secondary N) is 1. The molecule has 1 heterocycles. The molecular formula is C18H21N3O8. The molecule has 0 aliphatic carbocycles. The van der Waals surface area contributed by atoms with Gasteiger partial charge in [-0.15, -0.1) is 0 Å². The summed E-state index contributed by atoms with van der Waals surface area (Å²) in [5.41, 5.74) is -1.12. The topological polar surface area (TPSA) is 127 Å². The van der Waals surface area contributed by atoms with E-state index in [2.05, 4.69) is 5.32 Å². The maximum absolute atomic E-state index is 12.3. The van der Waals surface area contributed by atoms with Crippen molar-refractivity contribution in [2.75, 3.05) is 33.3 Å². The first-order chi connectivity index (χ1) is 13.7. The highest BCUT2D eigenvalue weighted by molar-refractivity contribution is 5.95. The summed E-state index contributed by atoms with van der Waals surface area (Å²) in [6, 6.07) is 3.85. The van der Waals surface area contributed by atoms with Crippen molar-refractivity contribution in [1.29, 1.82) is 0 Å². The smallest absolute Gasteiger partial charge is 0.338 e. The van der Waals surface area contributed by atoms with E-state index in [1.165, 1.54) is 47.6 Å². The Balaban J connectivity index is 2.13. The van der Waals surface area contributed by atoms with Crippen molar-refractivity contribution in [3.63, 3.8) is 0 Å². The molecule has 0 radical (unpaired) electrons. The van der Waals surface area contributed by atoms with Crippen LogP contribution in [0.3, 0.4) is 0 Å². The summed E-state index contributed by atoms with van der Waals surface area (Å²) < 4.78 is 22.5. The summed E-state index contributed by atoms with van der Waals surface area (Å²) in [4.78, 5) is 47.9. The number of carbonyl (C=O) groups excluding carboxylic acids is 2. The fourth-order valence-corrected chi connectivity index (χ4v) is 2.45. The maximum atomic E-state index is 12.3. The van der Waals surface area contributed by atoms with Crippen molar-refractivity contribution < 1.29 is 28.5 Å². The van der Waals surface area contributed by atoms with Gasteiger partial charge in [-0.1, -0.05) is 0 Å². The van der Waals surface area contributed by atoms with Crippen LogP contribution in [0.4, 0.5) is 5.82 Å². The molecule has 1 N–H and O–H groups in total. The lowest BCUT2D eigenvalue weighted by Gasteiger charge is -2.14. The van der Waals surface area contributed by atoms with Gasteiger partial charge in [-0.05, 0) is 12.1 Å². The second kappa shape index (κ2) is 8.95. The number of ether oxygens (including phenoxy) is 4. The summed E-state index contributed by atoms with van der Waals surface area (Å²) >= 11 is 0. The molecule has 2 aromatic rings. The molecule has 0 atom stereocenters. The zero-order chi connectivity index (χ0) is 21.7. The van der Waals surface area contributed by atoms with Gasteiger partial charge in [-0.2, -0.15) is 0 Å². The second-order valence-electron chi connectivity index (χ2n) is 5.81. The van der Waals surface area contributed by atoms with Gasteiger partial charge in [0.15, 0.2) is 18.1 Å². The van der Waals surface area contributed by atoms with Crippen LogP contribution in [0.25, 0.3) is 0 Å². The van der Waals surface area contributed by atoms with E-state index < -0.39 is 29.7 Å². The Hall–Kier alpha value is -3.76. The van der Waals surface area contributed by atoms with Crippen LogP contribution < -0.4 is 30.8 Å². The monoisotopic (exact) mass is 407 g/mol. The molecule has 0 aliphatic heterocycles. The lowest BCUT2D eigenvalue weighted by Crippen LogP contribution is -2.38. The zero-order valence-corrected chi connectivity index (χ0v) is 16.6. The molecule has 0 saturated carbocycles. The molecule has 0 spiro atoms. The standard InChI is InChI=1S/C18H21N3O8/c1-20-13(8-15(23)21(2)18(20)25)19-14(22)9-29-17(24)10-6-11(26-3)16(28-5)12(7-10)27-4/h6-8H,9H2,1-5H3,(H,19,22). The highest BCUT2D eigenvalue weighted by atomic mass is 16.5. The number of esters is 1. The Morgan fingerprint density at radius 1 is 0.931 bits per heavy atom. The summed E-state index contributed by atoms with van der Waals surface area (Å²) in [5, 5.41) is 2.35. The van der Waals surface area contributed by atoms with Crippen molar-refractivity contribution in [2.24, 2.45) is 14.1 Å². The SMILES string of the molecule is COc1cc(C(=O)OCC(=O)Nc2cc(=O)n(C)c(=O)n2C)cc(OC)c1OC. The first-order valence-corrected chi connectivity index (χ1v) is 8.27. The molecule has 1 aromatic heterocycles. The Labute approximate surface area is 165 Å². The molecule has 0 bridgehead atoms. The molecule has 11 nitrogen and oxygen atoms in total. The first kappa shape index (κ1) is 21.5. The highest BCUT2D eigenvalue weighted by Crippen LogP contribution is 2.38. The minimum atomic E-state index is -0.808. The predicted octanol–water partition coefficient (Wildman–Crippen LogP) is -0.0947. The molecule has 1 aromatic carbocycles. The number of benzene rings is 1. The quantitative estimate of drug-likeness (QED) is 0.631. The van der Waals surface area contributed by atoms with Crippen LogP contribution in [0.2, 0.25) is 0 Å². The molecule has 0 unspecified atom stereocenters. The van der Waals surface area contributed by atoms with Gasteiger partial charge < -0.3 is 24.3 Å². The number of rotatable bonds is 7. The van der Waals surface area contributed by atoms with Gasteiger partial charge in [-0.25, -0.2) is 9.59 Å². The number of anilines is 1. The van der Waals surface area contributed by atoms with E-state index in [4.69, 9.17) is 18.9 Å². The van der Waals surface area contributed by atoms with E-state index >= 15 is 0 Å². The number of aromatic nitrogens is 2. The van der Waals surface area contributed by atoms with Crippen LogP contribution in [0.15, 0.2) is 27.8 Å². The molecule has 1 amide bonds. The third-order valence-corrected chi connectivity index (χ3v) is 4.03.